The lowest BCUT2D eigenvalue weighted by Crippen LogP contribution is -2.07. The highest BCUT2D eigenvalue weighted by Gasteiger charge is 2.14. The number of methoxy groups -OCH3 is 1. The van der Waals surface area contributed by atoms with E-state index in [9.17, 15) is 14.0 Å². The SMILES string of the molecule is CCCOc1ccc(F)cc1C(=O)CCCC(=O)OC. The predicted molar refractivity (Wildman–Crippen MR) is 72.4 cm³/mol. The van der Waals surface area contributed by atoms with E-state index in [-0.39, 0.29) is 30.2 Å². The lowest BCUT2D eigenvalue weighted by molar-refractivity contribution is -0.140. The minimum absolute atomic E-state index is 0.154. The zero-order valence-electron chi connectivity index (χ0n) is 11.8. The van der Waals surface area contributed by atoms with Crippen LogP contribution in [0.3, 0.4) is 0 Å². The number of hydrogen-bond donors (Lipinski definition) is 0. The highest BCUT2D eigenvalue weighted by atomic mass is 19.1. The molecule has 0 fully saturated rings. The van der Waals surface area contributed by atoms with E-state index in [1.54, 1.807) is 0 Å². The van der Waals surface area contributed by atoms with Crippen LogP contribution in [-0.2, 0) is 9.53 Å². The van der Waals surface area contributed by atoms with Crippen LogP contribution in [0.25, 0.3) is 0 Å². The van der Waals surface area contributed by atoms with Gasteiger partial charge >= 0.3 is 5.97 Å². The van der Waals surface area contributed by atoms with Crippen LogP contribution in [0.2, 0.25) is 0 Å². The third-order valence-electron chi connectivity index (χ3n) is 2.72. The Kier molecular flexibility index (Phi) is 6.70. The van der Waals surface area contributed by atoms with E-state index in [0.29, 0.717) is 18.8 Å². The van der Waals surface area contributed by atoms with Crippen LogP contribution in [0.1, 0.15) is 43.0 Å². The molecule has 0 aromatic heterocycles. The Morgan fingerprint density at radius 3 is 2.65 bits per heavy atom. The summed E-state index contributed by atoms with van der Waals surface area (Å²) in [6.07, 6.45) is 1.49. The summed E-state index contributed by atoms with van der Waals surface area (Å²) >= 11 is 0. The molecular weight excluding hydrogens is 263 g/mol. The van der Waals surface area contributed by atoms with Crippen LogP contribution in [0.4, 0.5) is 4.39 Å². The van der Waals surface area contributed by atoms with E-state index < -0.39 is 5.82 Å². The molecule has 0 aliphatic heterocycles. The number of halogens is 1. The average molecular weight is 282 g/mol. The first-order valence-corrected chi connectivity index (χ1v) is 6.60. The zero-order valence-corrected chi connectivity index (χ0v) is 11.8. The van der Waals surface area contributed by atoms with Gasteiger partial charge in [0.2, 0.25) is 0 Å². The van der Waals surface area contributed by atoms with Crippen LogP contribution in [0.5, 0.6) is 5.75 Å². The Hall–Kier alpha value is -1.91. The van der Waals surface area contributed by atoms with Gasteiger partial charge < -0.3 is 9.47 Å². The van der Waals surface area contributed by atoms with Crippen LogP contribution in [0.15, 0.2) is 18.2 Å². The molecule has 1 aromatic carbocycles. The fourth-order valence-electron chi connectivity index (χ4n) is 1.69. The van der Waals surface area contributed by atoms with Crippen molar-refractivity contribution in [2.24, 2.45) is 0 Å². The first-order valence-electron chi connectivity index (χ1n) is 6.60. The molecule has 0 saturated carbocycles. The number of hydrogen-bond acceptors (Lipinski definition) is 4. The maximum Gasteiger partial charge on any atom is 0.305 e. The van der Waals surface area contributed by atoms with Crippen molar-refractivity contribution in [2.45, 2.75) is 32.6 Å². The average Bonchev–Trinajstić information content (AvgIpc) is 2.45. The standard InChI is InChI=1S/C15H19FO4/c1-3-9-20-14-8-7-11(16)10-12(14)13(17)5-4-6-15(18)19-2/h7-8,10H,3-6,9H2,1-2H3. The van der Waals surface area contributed by atoms with E-state index in [0.717, 1.165) is 6.42 Å². The quantitative estimate of drug-likeness (QED) is 0.543. The molecule has 0 amide bonds. The molecule has 0 heterocycles. The van der Waals surface area contributed by atoms with Crippen molar-refractivity contribution in [3.63, 3.8) is 0 Å². The first kappa shape index (κ1) is 16.1. The maximum absolute atomic E-state index is 13.3. The van der Waals surface area contributed by atoms with Gasteiger partial charge in [-0.3, -0.25) is 9.59 Å². The molecular formula is C15H19FO4. The second kappa shape index (κ2) is 8.30. The molecule has 0 unspecified atom stereocenters. The molecule has 5 heteroatoms. The van der Waals surface area contributed by atoms with Gasteiger partial charge in [-0.25, -0.2) is 4.39 Å². The zero-order chi connectivity index (χ0) is 15.0. The smallest absolute Gasteiger partial charge is 0.305 e. The van der Waals surface area contributed by atoms with Crippen molar-refractivity contribution < 1.29 is 23.5 Å². The van der Waals surface area contributed by atoms with Crippen molar-refractivity contribution in [1.82, 2.24) is 0 Å². The Bertz CT molecular complexity index is 471. The van der Waals surface area contributed by atoms with E-state index >= 15 is 0 Å². The van der Waals surface area contributed by atoms with E-state index in [1.165, 1.54) is 25.3 Å². The summed E-state index contributed by atoms with van der Waals surface area (Å²) in [5.74, 6) is -0.694. The molecule has 0 saturated heterocycles. The number of ether oxygens (including phenoxy) is 2. The van der Waals surface area contributed by atoms with Gasteiger partial charge in [-0.05, 0) is 31.0 Å². The lowest BCUT2D eigenvalue weighted by atomic mass is 10.0. The summed E-state index contributed by atoms with van der Waals surface area (Å²) in [7, 11) is 1.30. The van der Waals surface area contributed by atoms with Crippen LogP contribution >= 0.6 is 0 Å². The number of benzene rings is 1. The summed E-state index contributed by atoms with van der Waals surface area (Å²) in [5, 5.41) is 0. The van der Waals surface area contributed by atoms with Gasteiger partial charge in [0.25, 0.3) is 0 Å². The second-order valence-corrected chi connectivity index (χ2v) is 4.34. The van der Waals surface area contributed by atoms with Crippen LogP contribution in [0, 0.1) is 5.82 Å². The van der Waals surface area contributed by atoms with Crippen LogP contribution in [-0.4, -0.2) is 25.5 Å². The molecule has 1 aromatic rings. The van der Waals surface area contributed by atoms with Gasteiger partial charge in [0, 0.05) is 12.8 Å². The van der Waals surface area contributed by atoms with Gasteiger partial charge in [-0.2, -0.15) is 0 Å². The number of carbonyl (C=O) groups excluding carboxylic acids is 2. The van der Waals surface area contributed by atoms with Gasteiger partial charge in [-0.15, -0.1) is 0 Å². The van der Waals surface area contributed by atoms with Gasteiger partial charge in [-0.1, -0.05) is 6.92 Å². The fourth-order valence-corrected chi connectivity index (χ4v) is 1.69. The van der Waals surface area contributed by atoms with Crippen molar-refractivity contribution in [1.29, 1.82) is 0 Å². The van der Waals surface area contributed by atoms with Gasteiger partial charge in [0.15, 0.2) is 5.78 Å². The highest BCUT2D eigenvalue weighted by Crippen LogP contribution is 2.22. The van der Waals surface area contributed by atoms with E-state index in [1.807, 2.05) is 6.92 Å². The largest absolute Gasteiger partial charge is 0.493 e. The number of Topliss-reactive ketones (excluding diaryl/α,β-unsaturated/α-hetero) is 1. The molecule has 0 spiro atoms. The predicted octanol–water partition coefficient (Wildman–Crippen LogP) is 3.14. The lowest BCUT2D eigenvalue weighted by Gasteiger charge is -2.10. The van der Waals surface area contributed by atoms with Crippen molar-refractivity contribution in [2.75, 3.05) is 13.7 Å². The van der Waals surface area contributed by atoms with Gasteiger partial charge in [0.1, 0.15) is 11.6 Å². The van der Waals surface area contributed by atoms with Crippen molar-refractivity contribution in [3.8, 4) is 5.75 Å². The first-order chi connectivity index (χ1) is 9.58. The highest BCUT2D eigenvalue weighted by molar-refractivity contribution is 5.98. The molecule has 0 atom stereocenters. The molecule has 0 aliphatic rings. The Balaban J connectivity index is 2.69. The summed E-state index contributed by atoms with van der Waals surface area (Å²) in [4.78, 5) is 23.0. The molecule has 20 heavy (non-hydrogen) atoms. The minimum Gasteiger partial charge on any atom is -0.493 e. The molecule has 0 bridgehead atoms. The Labute approximate surface area is 117 Å². The van der Waals surface area contributed by atoms with E-state index in [4.69, 9.17) is 4.74 Å². The van der Waals surface area contributed by atoms with Gasteiger partial charge in [0.05, 0.1) is 19.3 Å². The molecule has 4 nitrogen and oxygen atoms in total. The molecule has 0 N–H and O–H groups in total. The molecule has 0 aliphatic carbocycles. The summed E-state index contributed by atoms with van der Waals surface area (Å²) in [6.45, 7) is 2.41. The molecule has 110 valence electrons. The number of esters is 1. The normalized spacial score (nSPS) is 10.2. The summed E-state index contributed by atoms with van der Waals surface area (Å²) in [6, 6.07) is 3.89. The topological polar surface area (TPSA) is 52.6 Å². The third kappa shape index (κ3) is 4.99. The summed E-state index contributed by atoms with van der Waals surface area (Å²) < 4.78 is 23.2. The van der Waals surface area contributed by atoms with E-state index in [2.05, 4.69) is 4.74 Å². The fraction of sp³-hybridized carbons (Fsp3) is 0.467. The third-order valence-corrected chi connectivity index (χ3v) is 2.72. The number of carbonyl (C=O) groups is 2. The number of ketones is 1. The summed E-state index contributed by atoms with van der Waals surface area (Å²) in [5.41, 5.74) is 0.225. The molecule has 1 rings (SSSR count). The Morgan fingerprint density at radius 1 is 1.25 bits per heavy atom. The number of rotatable bonds is 8. The second-order valence-electron chi connectivity index (χ2n) is 4.34. The maximum atomic E-state index is 13.3. The van der Waals surface area contributed by atoms with Crippen molar-refractivity contribution >= 4 is 11.8 Å². The van der Waals surface area contributed by atoms with Crippen molar-refractivity contribution in [3.05, 3.63) is 29.6 Å². The molecule has 0 radical (unpaired) electrons. The Morgan fingerprint density at radius 2 is 2.00 bits per heavy atom. The minimum atomic E-state index is -0.481. The van der Waals surface area contributed by atoms with Crippen LogP contribution < -0.4 is 4.74 Å². The monoisotopic (exact) mass is 282 g/mol.